The summed E-state index contributed by atoms with van der Waals surface area (Å²) in [7, 11) is 0. The van der Waals surface area contributed by atoms with Gasteiger partial charge in [-0.2, -0.15) is 0 Å². The Labute approximate surface area is 121 Å². The molecule has 100 valence electrons. The van der Waals surface area contributed by atoms with Crippen LogP contribution < -0.4 is 4.74 Å². The lowest BCUT2D eigenvalue weighted by Gasteiger charge is -2.11. The second-order valence-corrected chi connectivity index (χ2v) is 6.07. The van der Waals surface area contributed by atoms with E-state index in [0.717, 1.165) is 27.2 Å². The fourth-order valence-corrected chi connectivity index (χ4v) is 2.84. The predicted octanol–water partition coefficient (Wildman–Crippen LogP) is 4.15. The van der Waals surface area contributed by atoms with Crippen molar-refractivity contribution < 1.29 is 4.74 Å². The van der Waals surface area contributed by atoms with E-state index in [-0.39, 0.29) is 0 Å². The van der Waals surface area contributed by atoms with Crippen molar-refractivity contribution in [2.75, 3.05) is 0 Å². The molecule has 1 fully saturated rings. The summed E-state index contributed by atoms with van der Waals surface area (Å²) >= 11 is 1.62. The summed E-state index contributed by atoms with van der Waals surface area (Å²) in [5.74, 6) is 1.51. The lowest BCUT2D eigenvalue weighted by atomic mass is 10.1. The van der Waals surface area contributed by atoms with Gasteiger partial charge in [-0.25, -0.2) is 4.98 Å². The molecule has 4 rings (SSSR count). The Balaban J connectivity index is 1.70. The molecular formula is C16H14N2OS. The molecule has 0 saturated heterocycles. The second-order valence-electron chi connectivity index (χ2n) is 5.10. The highest BCUT2D eigenvalue weighted by molar-refractivity contribution is 7.09. The lowest BCUT2D eigenvalue weighted by Crippen LogP contribution is -1.99. The number of pyridine rings is 1. The van der Waals surface area contributed by atoms with Crippen LogP contribution in [0.15, 0.2) is 42.0 Å². The lowest BCUT2D eigenvalue weighted by molar-refractivity contribution is 0.305. The minimum Gasteiger partial charge on any atom is -0.486 e. The van der Waals surface area contributed by atoms with Gasteiger partial charge in [0.1, 0.15) is 12.4 Å². The van der Waals surface area contributed by atoms with E-state index in [2.05, 4.69) is 23.2 Å². The van der Waals surface area contributed by atoms with Gasteiger partial charge in [-0.15, -0.1) is 11.3 Å². The number of rotatable bonds is 4. The van der Waals surface area contributed by atoms with E-state index in [1.165, 1.54) is 12.8 Å². The first-order valence-electron chi connectivity index (χ1n) is 6.80. The van der Waals surface area contributed by atoms with Gasteiger partial charge in [0.2, 0.25) is 0 Å². The molecule has 0 N–H and O–H groups in total. The van der Waals surface area contributed by atoms with Crippen molar-refractivity contribution in [1.29, 1.82) is 0 Å². The van der Waals surface area contributed by atoms with E-state index in [9.17, 15) is 0 Å². The van der Waals surface area contributed by atoms with Gasteiger partial charge < -0.3 is 4.74 Å². The molecule has 2 aromatic heterocycles. The molecule has 0 aliphatic heterocycles. The number of aromatic nitrogens is 2. The van der Waals surface area contributed by atoms with Crippen molar-refractivity contribution in [3.8, 4) is 5.75 Å². The number of nitrogens with zero attached hydrogens (tertiary/aromatic N) is 2. The number of para-hydroxylation sites is 1. The van der Waals surface area contributed by atoms with E-state index in [0.29, 0.717) is 12.5 Å². The standard InChI is InChI=1S/C16H14N2OS/c1-2-4-14-12(3-1)7-15(16(18-14)11-5-6-11)19-9-13-8-17-10-20-13/h1-4,7-8,10-11H,5-6,9H2. The highest BCUT2D eigenvalue weighted by Crippen LogP contribution is 2.44. The zero-order chi connectivity index (χ0) is 13.4. The number of hydrogen-bond acceptors (Lipinski definition) is 4. The first kappa shape index (κ1) is 11.9. The zero-order valence-electron chi connectivity index (χ0n) is 11.0. The summed E-state index contributed by atoms with van der Waals surface area (Å²) in [5, 5.41) is 1.14. The maximum atomic E-state index is 6.00. The topological polar surface area (TPSA) is 35.0 Å². The van der Waals surface area contributed by atoms with E-state index in [1.54, 1.807) is 11.3 Å². The van der Waals surface area contributed by atoms with Gasteiger partial charge in [0.25, 0.3) is 0 Å². The van der Waals surface area contributed by atoms with E-state index < -0.39 is 0 Å². The summed E-state index contributed by atoms with van der Waals surface area (Å²) in [6.45, 7) is 0.574. The Bertz CT molecular complexity index is 735. The van der Waals surface area contributed by atoms with E-state index >= 15 is 0 Å². The molecular weight excluding hydrogens is 268 g/mol. The molecule has 1 aliphatic rings. The van der Waals surface area contributed by atoms with Gasteiger partial charge in [-0.05, 0) is 25.0 Å². The maximum absolute atomic E-state index is 6.00. The predicted molar refractivity (Wildman–Crippen MR) is 80.2 cm³/mol. The van der Waals surface area contributed by atoms with Crippen LogP contribution in [-0.4, -0.2) is 9.97 Å². The molecule has 1 aliphatic carbocycles. The van der Waals surface area contributed by atoms with Crippen LogP contribution in [0.25, 0.3) is 10.9 Å². The molecule has 0 unspecified atom stereocenters. The van der Waals surface area contributed by atoms with Gasteiger partial charge in [0.15, 0.2) is 0 Å². The zero-order valence-corrected chi connectivity index (χ0v) is 11.8. The number of thiazole rings is 1. The molecule has 0 bridgehead atoms. The Morgan fingerprint density at radius 3 is 2.95 bits per heavy atom. The average molecular weight is 282 g/mol. The third-order valence-electron chi connectivity index (χ3n) is 3.53. The first-order valence-corrected chi connectivity index (χ1v) is 7.68. The Morgan fingerprint density at radius 2 is 2.15 bits per heavy atom. The van der Waals surface area contributed by atoms with Gasteiger partial charge >= 0.3 is 0 Å². The summed E-state index contributed by atoms with van der Waals surface area (Å²) < 4.78 is 6.00. The fourth-order valence-electron chi connectivity index (χ4n) is 2.34. The highest BCUT2D eigenvalue weighted by Gasteiger charge is 2.29. The molecule has 20 heavy (non-hydrogen) atoms. The summed E-state index contributed by atoms with van der Waals surface area (Å²) in [4.78, 5) is 10.0. The van der Waals surface area contributed by atoms with Crippen LogP contribution in [0.2, 0.25) is 0 Å². The Kier molecular flexibility index (Phi) is 2.89. The quantitative estimate of drug-likeness (QED) is 0.721. The summed E-state index contributed by atoms with van der Waals surface area (Å²) in [5.41, 5.74) is 4.01. The molecule has 3 nitrogen and oxygen atoms in total. The Morgan fingerprint density at radius 1 is 1.25 bits per heavy atom. The number of ether oxygens (including phenoxy) is 1. The maximum Gasteiger partial charge on any atom is 0.142 e. The number of fused-ring (bicyclic) bond motifs is 1. The van der Waals surface area contributed by atoms with Crippen molar-refractivity contribution in [3.63, 3.8) is 0 Å². The van der Waals surface area contributed by atoms with Crippen molar-refractivity contribution in [3.05, 3.63) is 52.6 Å². The molecule has 0 atom stereocenters. The third-order valence-corrected chi connectivity index (χ3v) is 4.29. The van der Waals surface area contributed by atoms with Crippen LogP contribution in [0.3, 0.4) is 0 Å². The summed E-state index contributed by atoms with van der Waals surface area (Å²) in [6, 6.07) is 10.3. The van der Waals surface area contributed by atoms with Gasteiger partial charge in [0, 0.05) is 17.5 Å². The van der Waals surface area contributed by atoms with Crippen LogP contribution in [0.1, 0.15) is 29.3 Å². The monoisotopic (exact) mass is 282 g/mol. The van der Waals surface area contributed by atoms with Gasteiger partial charge in [-0.1, -0.05) is 18.2 Å². The first-order chi connectivity index (χ1) is 9.90. The Hall–Kier alpha value is -1.94. The summed E-state index contributed by atoms with van der Waals surface area (Å²) in [6.07, 6.45) is 4.31. The number of hydrogen-bond donors (Lipinski definition) is 0. The number of benzene rings is 1. The average Bonchev–Trinajstić information content (AvgIpc) is 3.20. The molecule has 0 spiro atoms. The van der Waals surface area contributed by atoms with Crippen LogP contribution in [-0.2, 0) is 6.61 Å². The molecule has 0 amide bonds. The van der Waals surface area contributed by atoms with Crippen LogP contribution in [0.5, 0.6) is 5.75 Å². The van der Waals surface area contributed by atoms with Gasteiger partial charge in [-0.3, -0.25) is 4.98 Å². The molecule has 2 heterocycles. The van der Waals surface area contributed by atoms with Crippen LogP contribution in [0, 0.1) is 0 Å². The molecule has 3 aromatic rings. The van der Waals surface area contributed by atoms with Crippen molar-refractivity contribution in [2.45, 2.75) is 25.4 Å². The normalized spacial score (nSPS) is 14.6. The van der Waals surface area contributed by atoms with E-state index in [4.69, 9.17) is 9.72 Å². The SMILES string of the molecule is c1ccc2nc(C3CC3)c(OCc3cncs3)cc2c1. The largest absolute Gasteiger partial charge is 0.486 e. The van der Waals surface area contributed by atoms with Crippen molar-refractivity contribution in [2.24, 2.45) is 0 Å². The molecule has 0 radical (unpaired) electrons. The van der Waals surface area contributed by atoms with E-state index in [1.807, 2.05) is 23.8 Å². The molecule has 1 aromatic carbocycles. The molecule has 1 saturated carbocycles. The van der Waals surface area contributed by atoms with Crippen molar-refractivity contribution >= 4 is 22.2 Å². The van der Waals surface area contributed by atoms with Crippen molar-refractivity contribution in [1.82, 2.24) is 9.97 Å². The van der Waals surface area contributed by atoms with Crippen LogP contribution >= 0.6 is 11.3 Å². The molecule has 4 heteroatoms. The minimum absolute atomic E-state index is 0.574. The fraction of sp³-hybridized carbons (Fsp3) is 0.250. The second kappa shape index (κ2) is 4.87. The van der Waals surface area contributed by atoms with Gasteiger partial charge in [0.05, 0.1) is 21.6 Å². The highest BCUT2D eigenvalue weighted by atomic mass is 32.1. The smallest absolute Gasteiger partial charge is 0.142 e. The third kappa shape index (κ3) is 2.27. The van der Waals surface area contributed by atoms with Crippen LogP contribution in [0.4, 0.5) is 0 Å². The minimum atomic E-state index is 0.574.